The number of thioether (sulfide) groups is 1. The van der Waals surface area contributed by atoms with Crippen molar-refractivity contribution in [3.05, 3.63) is 0 Å². The van der Waals surface area contributed by atoms with Gasteiger partial charge in [-0.25, -0.2) is 0 Å². The van der Waals surface area contributed by atoms with Gasteiger partial charge >= 0.3 is 0 Å². The first-order chi connectivity index (χ1) is 7.33. The van der Waals surface area contributed by atoms with Gasteiger partial charge in [-0.3, -0.25) is 0 Å². The van der Waals surface area contributed by atoms with Crippen LogP contribution in [-0.2, 0) is 0 Å². The normalized spacial score (nSPS) is 22.6. The van der Waals surface area contributed by atoms with Crippen LogP contribution in [0, 0.1) is 11.5 Å². The molecule has 0 spiro atoms. The summed E-state index contributed by atoms with van der Waals surface area (Å²) in [6, 6.07) is 0.600. The summed E-state index contributed by atoms with van der Waals surface area (Å²) in [5.41, 5.74) is 0. The maximum atomic E-state index is 8.64. The van der Waals surface area contributed by atoms with Gasteiger partial charge in [0, 0.05) is 12.6 Å². The molecule has 84 valence electrons. The molecule has 1 saturated heterocycles. The second-order valence-electron chi connectivity index (χ2n) is 3.83. The molecule has 1 atom stereocenters. The molecular weight excluding hydrogens is 206 g/mol. The molecule has 0 bridgehead atoms. The van der Waals surface area contributed by atoms with Gasteiger partial charge in [-0.15, -0.1) is 4.99 Å². The monoisotopic (exact) mass is 225 g/mol. The molecule has 1 aliphatic heterocycles. The highest BCUT2D eigenvalue weighted by Crippen LogP contribution is 2.23. The SMILES string of the molecule is CCCC1CCCCN1C(=NC#N)SC. The lowest BCUT2D eigenvalue weighted by atomic mass is 9.99. The summed E-state index contributed by atoms with van der Waals surface area (Å²) in [6.45, 7) is 3.28. The van der Waals surface area contributed by atoms with Gasteiger partial charge in [0.2, 0.25) is 6.19 Å². The van der Waals surface area contributed by atoms with Crippen LogP contribution in [0.5, 0.6) is 0 Å². The molecule has 1 heterocycles. The zero-order valence-corrected chi connectivity index (χ0v) is 10.4. The third-order valence-corrected chi connectivity index (χ3v) is 3.51. The number of nitrogens with zero attached hydrogens (tertiary/aromatic N) is 3. The zero-order valence-electron chi connectivity index (χ0n) is 9.57. The molecule has 0 aromatic carbocycles. The van der Waals surface area contributed by atoms with E-state index >= 15 is 0 Å². The Balaban J connectivity index is 2.70. The maximum Gasteiger partial charge on any atom is 0.208 e. The van der Waals surface area contributed by atoms with Crippen LogP contribution in [0.25, 0.3) is 0 Å². The molecule has 15 heavy (non-hydrogen) atoms. The van der Waals surface area contributed by atoms with Crippen molar-refractivity contribution in [3.8, 4) is 6.19 Å². The van der Waals surface area contributed by atoms with Crippen LogP contribution >= 0.6 is 11.8 Å². The van der Waals surface area contributed by atoms with E-state index in [9.17, 15) is 0 Å². The van der Waals surface area contributed by atoms with Crippen LogP contribution in [0.3, 0.4) is 0 Å². The molecule has 0 radical (unpaired) electrons. The fourth-order valence-electron chi connectivity index (χ4n) is 2.16. The molecule has 0 aromatic heterocycles. The quantitative estimate of drug-likeness (QED) is 0.412. The second kappa shape index (κ2) is 6.73. The molecule has 1 aliphatic rings. The first kappa shape index (κ1) is 12.4. The van der Waals surface area contributed by atoms with Crippen LogP contribution < -0.4 is 0 Å². The van der Waals surface area contributed by atoms with Crippen LogP contribution in [0.1, 0.15) is 39.0 Å². The lowest BCUT2D eigenvalue weighted by molar-refractivity contribution is 0.233. The van der Waals surface area contributed by atoms with E-state index in [2.05, 4.69) is 16.8 Å². The van der Waals surface area contributed by atoms with Gasteiger partial charge in [-0.2, -0.15) is 5.26 Å². The Bertz CT molecular complexity index is 255. The first-order valence-corrected chi connectivity index (χ1v) is 6.83. The van der Waals surface area contributed by atoms with Gasteiger partial charge < -0.3 is 4.90 Å². The highest BCUT2D eigenvalue weighted by molar-refractivity contribution is 8.13. The third-order valence-electron chi connectivity index (χ3n) is 2.82. The highest BCUT2D eigenvalue weighted by Gasteiger charge is 2.24. The molecule has 0 aromatic rings. The van der Waals surface area contributed by atoms with Crippen molar-refractivity contribution in [2.24, 2.45) is 4.99 Å². The Morgan fingerprint density at radius 3 is 3.00 bits per heavy atom. The summed E-state index contributed by atoms with van der Waals surface area (Å²) in [5.74, 6) is 0. The van der Waals surface area contributed by atoms with Crippen molar-refractivity contribution < 1.29 is 0 Å². The molecule has 0 N–H and O–H groups in total. The van der Waals surface area contributed by atoms with Crippen molar-refractivity contribution in [2.75, 3.05) is 12.8 Å². The van der Waals surface area contributed by atoms with Crippen molar-refractivity contribution >= 4 is 16.9 Å². The predicted molar refractivity (Wildman–Crippen MR) is 65.8 cm³/mol. The molecule has 0 saturated carbocycles. The Morgan fingerprint density at radius 1 is 1.60 bits per heavy atom. The van der Waals surface area contributed by atoms with Crippen LogP contribution in [0.2, 0.25) is 0 Å². The largest absolute Gasteiger partial charge is 0.348 e. The highest BCUT2D eigenvalue weighted by atomic mass is 32.2. The molecule has 3 nitrogen and oxygen atoms in total. The van der Waals surface area contributed by atoms with Gasteiger partial charge in [-0.05, 0) is 31.9 Å². The number of hydrogen-bond donors (Lipinski definition) is 0. The van der Waals surface area contributed by atoms with E-state index in [1.54, 1.807) is 11.8 Å². The molecule has 1 fully saturated rings. The van der Waals surface area contributed by atoms with Crippen molar-refractivity contribution in [2.45, 2.75) is 45.1 Å². The van der Waals surface area contributed by atoms with E-state index < -0.39 is 0 Å². The number of rotatable bonds is 2. The van der Waals surface area contributed by atoms with E-state index in [1.807, 2.05) is 12.4 Å². The summed E-state index contributed by atoms with van der Waals surface area (Å²) >= 11 is 1.58. The van der Waals surface area contributed by atoms with Crippen LogP contribution in [-0.4, -0.2) is 28.9 Å². The summed E-state index contributed by atoms with van der Waals surface area (Å²) in [7, 11) is 0. The minimum Gasteiger partial charge on any atom is -0.348 e. The fourth-order valence-corrected chi connectivity index (χ4v) is 2.76. The molecule has 1 rings (SSSR count). The van der Waals surface area contributed by atoms with Gasteiger partial charge in [0.1, 0.15) is 0 Å². The molecule has 1 unspecified atom stereocenters. The Morgan fingerprint density at radius 2 is 2.40 bits per heavy atom. The standard InChI is InChI=1S/C11H19N3S/c1-3-6-10-7-4-5-8-14(10)11(15-2)13-9-12/h10H,3-8H2,1-2H3. The Labute approximate surface area is 96.6 Å². The van der Waals surface area contributed by atoms with Crippen molar-refractivity contribution in [1.82, 2.24) is 4.90 Å². The summed E-state index contributed by atoms with van der Waals surface area (Å²) in [6.07, 6.45) is 10.1. The van der Waals surface area contributed by atoms with E-state index in [0.29, 0.717) is 6.04 Å². The van der Waals surface area contributed by atoms with E-state index in [4.69, 9.17) is 5.26 Å². The molecule has 0 aliphatic carbocycles. The predicted octanol–water partition coefficient (Wildman–Crippen LogP) is 2.84. The van der Waals surface area contributed by atoms with Gasteiger partial charge in [0.05, 0.1) is 0 Å². The number of aliphatic imine (C=N–C) groups is 1. The van der Waals surface area contributed by atoms with E-state index in [-0.39, 0.29) is 0 Å². The molecular formula is C11H19N3S. The van der Waals surface area contributed by atoms with Crippen LogP contribution in [0.15, 0.2) is 4.99 Å². The summed E-state index contributed by atoms with van der Waals surface area (Å²) in [5, 5.41) is 9.54. The van der Waals surface area contributed by atoms with Crippen molar-refractivity contribution in [1.29, 1.82) is 5.26 Å². The third kappa shape index (κ3) is 3.42. The van der Waals surface area contributed by atoms with Gasteiger partial charge in [0.15, 0.2) is 5.17 Å². The number of likely N-dealkylation sites (tertiary alicyclic amines) is 1. The summed E-state index contributed by atoms with van der Waals surface area (Å²) < 4.78 is 0. The van der Waals surface area contributed by atoms with Gasteiger partial charge in [0.25, 0.3) is 0 Å². The topological polar surface area (TPSA) is 39.4 Å². The minimum atomic E-state index is 0.600. The number of hydrogen-bond acceptors (Lipinski definition) is 3. The number of amidine groups is 1. The fraction of sp³-hybridized carbons (Fsp3) is 0.818. The van der Waals surface area contributed by atoms with Crippen molar-refractivity contribution in [3.63, 3.8) is 0 Å². The first-order valence-electron chi connectivity index (χ1n) is 5.60. The Hall–Kier alpha value is -0.690. The Kier molecular flexibility index (Phi) is 5.56. The average molecular weight is 225 g/mol. The van der Waals surface area contributed by atoms with Gasteiger partial charge in [-0.1, -0.05) is 25.1 Å². The lowest BCUT2D eigenvalue weighted by Gasteiger charge is -2.37. The van der Waals surface area contributed by atoms with E-state index in [0.717, 1.165) is 11.7 Å². The lowest BCUT2D eigenvalue weighted by Crippen LogP contribution is -2.42. The number of piperidine rings is 1. The minimum absolute atomic E-state index is 0.600. The molecule has 4 heteroatoms. The second-order valence-corrected chi connectivity index (χ2v) is 4.60. The molecule has 0 amide bonds. The zero-order chi connectivity index (χ0) is 11.1. The maximum absolute atomic E-state index is 8.64. The summed E-state index contributed by atoms with van der Waals surface area (Å²) in [4.78, 5) is 6.23. The van der Waals surface area contributed by atoms with E-state index in [1.165, 1.54) is 32.1 Å². The van der Waals surface area contributed by atoms with Crippen LogP contribution in [0.4, 0.5) is 0 Å². The number of nitriles is 1. The average Bonchev–Trinajstić information content (AvgIpc) is 2.27. The smallest absolute Gasteiger partial charge is 0.208 e.